The number of benzene rings is 1. The maximum Gasteiger partial charge on any atom is 0.384 e. The van der Waals surface area contributed by atoms with Gasteiger partial charge in [-0.2, -0.15) is 0 Å². The molecule has 17 heavy (non-hydrogen) atoms. The summed E-state index contributed by atoms with van der Waals surface area (Å²) in [5.41, 5.74) is -1.22. The van der Waals surface area contributed by atoms with Crippen LogP contribution in [0.2, 0.25) is 0 Å². The van der Waals surface area contributed by atoms with Gasteiger partial charge in [0.1, 0.15) is 17.2 Å². The second-order valence-electron chi connectivity index (χ2n) is 2.86. The monoisotopic (exact) mass is 240 g/mol. The Kier molecular flexibility index (Phi) is 3.78. The Morgan fingerprint density at radius 1 is 1.29 bits per heavy atom. The largest absolute Gasteiger partial charge is 0.477 e. The Morgan fingerprint density at radius 2 is 1.82 bits per heavy atom. The summed E-state index contributed by atoms with van der Waals surface area (Å²) < 4.78 is 30.5. The van der Waals surface area contributed by atoms with Crippen molar-refractivity contribution in [2.24, 2.45) is 0 Å². The zero-order valence-corrected chi connectivity index (χ0v) is 8.58. The molecule has 0 aliphatic carbocycles. The zero-order valence-electron chi connectivity index (χ0n) is 8.58. The molecule has 0 heterocycles. The van der Waals surface area contributed by atoms with Crippen molar-refractivity contribution in [1.29, 1.82) is 0 Å². The summed E-state index contributed by atoms with van der Waals surface area (Å²) in [7, 11) is 1.10. The van der Waals surface area contributed by atoms with Gasteiger partial charge in [0, 0.05) is 11.5 Å². The van der Waals surface area contributed by atoms with Crippen LogP contribution in [0, 0.1) is 23.5 Å². The van der Waals surface area contributed by atoms with Crippen molar-refractivity contribution in [3.63, 3.8) is 0 Å². The third-order valence-corrected chi connectivity index (χ3v) is 1.75. The highest BCUT2D eigenvalue weighted by Crippen LogP contribution is 2.14. The maximum absolute atomic E-state index is 13.2. The van der Waals surface area contributed by atoms with E-state index >= 15 is 0 Å². The summed E-state index contributed by atoms with van der Waals surface area (Å²) >= 11 is 0. The molecule has 0 saturated carbocycles. The standard InChI is InChI=1S/C11H6F2O4/c1-17-9(14)3-2-6-4-7(12)10(11(15)16)8(13)5-6/h4-5H,1H3,(H,15,16). The SMILES string of the molecule is COC(=O)C#Cc1cc(F)c(C(=O)O)c(F)c1. The fourth-order valence-corrected chi connectivity index (χ4v) is 1.02. The summed E-state index contributed by atoms with van der Waals surface area (Å²) in [6.45, 7) is 0. The number of aromatic carboxylic acids is 1. The van der Waals surface area contributed by atoms with E-state index in [-0.39, 0.29) is 5.56 Å². The van der Waals surface area contributed by atoms with Crippen molar-refractivity contribution < 1.29 is 28.2 Å². The minimum absolute atomic E-state index is 0.157. The van der Waals surface area contributed by atoms with E-state index in [9.17, 15) is 18.4 Å². The van der Waals surface area contributed by atoms with Crippen molar-refractivity contribution in [3.8, 4) is 11.8 Å². The van der Waals surface area contributed by atoms with Crippen LogP contribution in [0.4, 0.5) is 8.78 Å². The van der Waals surface area contributed by atoms with Crippen molar-refractivity contribution in [3.05, 3.63) is 34.9 Å². The Hall–Kier alpha value is -2.42. The average molecular weight is 240 g/mol. The number of carboxylic acid groups (broad SMARTS) is 1. The van der Waals surface area contributed by atoms with Gasteiger partial charge in [0.05, 0.1) is 7.11 Å². The van der Waals surface area contributed by atoms with E-state index in [0.29, 0.717) is 0 Å². The van der Waals surface area contributed by atoms with Gasteiger partial charge < -0.3 is 9.84 Å². The summed E-state index contributed by atoms with van der Waals surface area (Å²) in [5.74, 6) is -0.993. The Morgan fingerprint density at radius 3 is 2.24 bits per heavy atom. The zero-order chi connectivity index (χ0) is 13.0. The third-order valence-electron chi connectivity index (χ3n) is 1.75. The normalized spacial score (nSPS) is 9.12. The van der Waals surface area contributed by atoms with Crippen molar-refractivity contribution in [1.82, 2.24) is 0 Å². The van der Waals surface area contributed by atoms with E-state index in [1.807, 2.05) is 5.92 Å². The number of ether oxygens (including phenoxy) is 1. The first kappa shape index (κ1) is 12.6. The predicted molar refractivity (Wildman–Crippen MR) is 52.2 cm³/mol. The molecule has 1 rings (SSSR count). The van der Waals surface area contributed by atoms with Crippen LogP contribution >= 0.6 is 0 Å². The van der Waals surface area contributed by atoms with Crippen LogP contribution in [0.25, 0.3) is 0 Å². The number of esters is 1. The average Bonchev–Trinajstić information content (AvgIpc) is 2.24. The quantitative estimate of drug-likeness (QED) is 0.591. The van der Waals surface area contributed by atoms with Gasteiger partial charge in [-0.1, -0.05) is 5.92 Å². The fraction of sp³-hybridized carbons (Fsp3) is 0.0909. The molecule has 1 aromatic rings. The highest BCUT2D eigenvalue weighted by molar-refractivity contribution is 5.90. The molecular weight excluding hydrogens is 234 g/mol. The number of carbonyl (C=O) groups is 2. The van der Waals surface area contributed by atoms with Crippen LogP contribution in [-0.4, -0.2) is 24.2 Å². The number of halogens is 2. The first-order chi connectivity index (χ1) is 7.95. The van der Waals surface area contributed by atoms with Gasteiger partial charge in [0.25, 0.3) is 0 Å². The first-order valence-corrected chi connectivity index (χ1v) is 4.28. The molecule has 0 bridgehead atoms. The lowest BCUT2D eigenvalue weighted by Crippen LogP contribution is -2.05. The predicted octanol–water partition coefficient (Wildman–Crippen LogP) is 1.19. The molecule has 6 heteroatoms. The summed E-state index contributed by atoms with van der Waals surface area (Å²) in [5, 5.41) is 8.50. The van der Waals surface area contributed by atoms with Crippen LogP contribution in [0.1, 0.15) is 15.9 Å². The number of rotatable bonds is 1. The Balaban J connectivity index is 3.18. The number of methoxy groups -OCH3 is 1. The van der Waals surface area contributed by atoms with E-state index in [2.05, 4.69) is 10.7 Å². The lowest BCUT2D eigenvalue weighted by Gasteiger charge is -2.00. The third kappa shape index (κ3) is 3.01. The van der Waals surface area contributed by atoms with Gasteiger partial charge >= 0.3 is 11.9 Å². The first-order valence-electron chi connectivity index (χ1n) is 4.28. The van der Waals surface area contributed by atoms with Crippen LogP contribution in [0.5, 0.6) is 0 Å². The molecule has 1 N–H and O–H groups in total. The van der Waals surface area contributed by atoms with Gasteiger partial charge in [-0.25, -0.2) is 18.4 Å². The molecule has 4 nitrogen and oxygen atoms in total. The van der Waals surface area contributed by atoms with Gasteiger partial charge in [-0.15, -0.1) is 0 Å². The molecule has 1 aromatic carbocycles. The summed E-state index contributed by atoms with van der Waals surface area (Å²) in [4.78, 5) is 21.1. The van der Waals surface area contributed by atoms with Gasteiger partial charge in [-0.05, 0) is 12.1 Å². The van der Waals surface area contributed by atoms with Gasteiger partial charge in [0.2, 0.25) is 0 Å². The van der Waals surface area contributed by atoms with Crippen LogP contribution in [0.15, 0.2) is 12.1 Å². The van der Waals surface area contributed by atoms with Crippen LogP contribution in [0.3, 0.4) is 0 Å². The van der Waals surface area contributed by atoms with E-state index < -0.39 is 29.1 Å². The number of carbonyl (C=O) groups excluding carboxylic acids is 1. The minimum atomic E-state index is -1.72. The van der Waals surface area contributed by atoms with E-state index in [4.69, 9.17) is 5.11 Å². The molecule has 0 spiro atoms. The molecule has 88 valence electrons. The maximum atomic E-state index is 13.2. The molecule has 0 aliphatic heterocycles. The highest BCUT2D eigenvalue weighted by atomic mass is 19.1. The minimum Gasteiger partial charge on any atom is -0.477 e. The fourth-order valence-electron chi connectivity index (χ4n) is 1.02. The molecule has 0 atom stereocenters. The van der Waals surface area contributed by atoms with Crippen molar-refractivity contribution in [2.45, 2.75) is 0 Å². The smallest absolute Gasteiger partial charge is 0.384 e. The molecule has 0 unspecified atom stereocenters. The number of hydrogen-bond acceptors (Lipinski definition) is 3. The molecule has 0 radical (unpaired) electrons. The molecular formula is C11H6F2O4. The highest BCUT2D eigenvalue weighted by Gasteiger charge is 2.17. The Bertz CT molecular complexity index is 517. The van der Waals surface area contributed by atoms with Gasteiger partial charge in [-0.3, -0.25) is 0 Å². The second-order valence-corrected chi connectivity index (χ2v) is 2.86. The summed E-state index contributed by atoms with van der Waals surface area (Å²) in [6.07, 6.45) is 0. The van der Waals surface area contributed by atoms with Crippen LogP contribution < -0.4 is 0 Å². The molecule has 0 amide bonds. The number of carboxylic acids is 1. The molecule has 0 aromatic heterocycles. The lowest BCUT2D eigenvalue weighted by molar-refractivity contribution is -0.133. The lowest BCUT2D eigenvalue weighted by atomic mass is 10.1. The van der Waals surface area contributed by atoms with Crippen molar-refractivity contribution in [2.75, 3.05) is 7.11 Å². The van der Waals surface area contributed by atoms with Gasteiger partial charge in [0.15, 0.2) is 0 Å². The molecule has 0 aliphatic rings. The van der Waals surface area contributed by atoms with Crippen molar-refractivity contribution >= 4 is 11.9 Å². The topological polar surface area (TPSA) is 63.6 Å². The molecule has 0 fully saturated rings. The Labute approximate surface area is 94.8 Å². The second kappa shape index (κ2) is 5.07. The van der Waals surface area contributed by atoms with E-state index in [1.54, 1.807) is 0 Å². The van der Waals surface area contributed by atoms with Crippen LogP contribution in [-0.2, 0) is 9.53 Å². The summed E-state index contributed by atoms with van der Waals surface area (Å²) in [6, 6.07) is 1.45. The molecule has 0 saturated heterocycles. The van der Waals surface area contributed by atoms with E-state index in [0.717, 1.165) is 19.2 Å². The van der Waals surface area contributed by atoms with E-state index in [1.165, 1.54) is 0 Å². The number of hydrogen-bond donors (Lipinski definition) is 1.